The van der Waals surface area contributed by atoms with Crippen LogP contribution in [0.2, 0.25) is 0 Å². The molecule has 2 aliphatic carbocycles. The second kappa shape index (κ2) is 8.40. The number of benzene rings is 1. The summed E-state index contributed by atoms with van der Waals surface area (Å²) in [6.07, 6.45) is 6.37. The van der Waals surface area contributed by atoms with Gasteiger partial charge in [-0.05, 0) is 51.3 Å². The summed E-state index contributed by atoms with van der Waals surface area (Å²) >= 11 is 1.27. The van der Waals surface area contributed by atoms with E-state index in [2.05, 4.69) is 25.5 Å². The van der Waals surface area contributed by atoms with Gasteiger partial charge in [-0.2, -0.15) is 5.10 Å². The molecular formula is C22H26F2N6OS. The molecule has 7 nitrogen and oxygen atoms in total. The molecule has 5 rings (SSSR count). The zero-order valence-corrected chi connectivity index (χ0v) is 18.8. The molecule has 0 bridgehead atoms. The molecule has 0 radical (unpaired) electrons. The van der Waals surface area contributed by atoms with Crippen LogP contribution in [0.3, 0.4) is 0 Å². The predicted molar refractivity (Wildman–Crippen MR) is 120 cm³/mol. The number of anilines is 1. The first-order chi connectivity index (χ1) is 15.4. The summed E-state index contributed by atoms with van der Waals surface area (Å²) in [6, 6.07) is 2.94. The van der Waals surface area contributed by atoms with E-state index >= 15 is 0 Å². The molecule has 2 heterocycles. The predicted octanol–water partition coefficient (Wildman–Crippen LogP) is 3.90. The number of nitrogens with one attached hydrogen (secondary N) is 1. The third kappa shape index (κ3) is 3.97. The quantitative estimate of drug-likeness (QED) is 0.581. The van der Waals surface area contributed by atoms with E-state index in [1.807, 2.05) is 7.05 Å². The van der Waals surface area contributed by atoms with Gasteiger partial charge in [0.15, 0.2) is 5.01 Å². The molecule has 2 saturated carbocycles. The highest BCUT2D eigenvalue weighted by Gasteiger charge is 2.42. The van der Waals surface area contributed by atoms with Crippen LogP contribution in [0.25, 0.3) is 21.7 Å². The van der Waals surface area contributed by atoms with Crippen molar-refractivity contribution in [2.45, 2.75) is 56.4 Å². The van der Waals surface area contributed by atoms with E-state index in [-0.39, 0.29) is 35.0 Å². The van der Waals surface area contributed by atoms with Crippen LogP contribution < -0.4 is 10.2 Å². The van der Waals surface area contributed by atoms with E-state index in [0.717, 1.165) is 19.3 Å². The SMILES string of the molecule is CNC1CCC(F)[C@@H](N(c2nnc(-c3cc(F)c(-c4cnn(C)c4)cc3O)s2)C2CC2)C1. The highest BCUT2D eigenvalue weighted by atomic mass is 32.1. The Balaban J connectivity index is 1.45. The van der Waals surface area contributed by atoms with Gasteiger partial charge in [-0.3, -0.25) is 4.68 Å². The van der Waals surface area contributed by atoms with E-state index < -0.39 is 12.0 Å². The Morgan fingerprint density at radius 1 is 1.19 bits per heavy atom. The van der Waals surface area contributed by atoms with Gasteiger partial charge in [0.2, 0.25) is 5.13 Å². The lowest BCUT2D eigenvalue weighted by Gasteiger charge is -2.39. The number of rotatable bonds is 6. The third-order valence-corrected chi connectivity index (χ3v) is 7.38. The summed E-state index contributed by atoms with van der Waals surface area (Å²) in [7, 11) is 3.66. The van der Waals surface area contributed by atoms with Crippen molar-refractivity contribution in [1.29, 1.82) is 0 Å². The van der Waals surface area contributed by atoms with E-state index in [1.165, 1.54) is 23.5 Å². The van der Waals surface area contributed by atoms with Gasteiger partial charge in [0.1, 0.15) is 17.7 Å². The molecule has 1 aromatic carbocycles. The van der Waals surface area contributed by atoms with Gasteiger partial charge < -0.3 is 15.3 Å². The molecule has 3 aromatic rings. The Morgan fingerprint density at radius 2 is 2.00 bits per heavy atom. The highest BCUT2D eigenvalue weighted by Crippen LogP contribution is 2.43. The Morgan fingerprint density at radius 3 is 2.69 bits per heavy atom. The highest BCUT2D eigenvalue weighted by molar-refractivity contribution is 7.18. The molecule has 10 heteroatoms. The molecule has 2 N–H and O–H groups in total. The lowest BCUT2D eigenvalue weighted by molar-refractivity contribution is 0.184. The van der Waals surface area contributed by atoms with Crippen LogP contribution in [0, 0.1) is 5.82 Å². The Kier molecular flexibility index (Phi) is 5.58. The van der Waals surface area contributed by atoms with Gasteiger partial charge in [0, 0.05) is 36.5 Å². The molecule has 0 aliphatic heterocycles. The zero-order chi connectivity index (χ0) is 22.4. The van der Waals surface area contributed by atoms with Crippen LogP contribution in [0.5, 0.6) is 5.75 Å². The minimum Gasteiger partial charge on any atom is -0.507 e. The molecule has 0 amide bonds. The molecule has 2 aromatic heterocycles. The largest absolute Gasteiger partial charge is 0.507 e. The fourth-order valence-corrected chi connectivity index (χ4v) is 5.52. The van der Waals surface area contributed by atoms with E-state index in [0.29, 0.717) is 28.5 Å². The molecule has 3 atom stereocenters. The number of aryl methyl sites for hydroxylation is 1. The minimum absolute atomic E-state index is 0.0813. The summed E-state index contributed by atoms with van der Waals surface area (Å²) in [5.74, 6) is -0.559. The van der Waals surface area contributed by atoms with Crippen molar-refractivity contribution in [2.24, 2.45) is 7.05 Å². The van der Waals surface area contributed by atoms with Crippen LogP contribution in [0.4, 0.5) is 13.9 Å². The maximum Gasteiger partial charge on any atom is 0.209 e. The van der Waals surface area contributed by atoms with Crippen molar-refractivity contribution >= 4 is 16.5 Å². The van der Waals surface area contributed by atoms with Gasteiger partial charge >= 0.3 is 0 Å². The van der Waals surface area contributed by atoms with Crippen molar-refractivity contribution in [2.75, 3.05) is 11.9 Å². The summed E-state index contributed by atoms with van der Waals surface area (Å²) in [6.45, 7) is 0. The van der Waals surface area contributed by atoms with Crippen LogP contribution in [-0.4, -0.2) is 56.4 Å². The number of hydrogen-bond acceptors (Lipinski definition) is 7. The molecule has 0 saturated heterocycles. The van der Waals surface area contributed by atoms with Crippen molar-refractivity contribution in [1.82, 2.24) is 25.3 Å². The van der Waals surface area contributed by atoms with Crippen LogP contribution in [0.15, 0.2) is 24.5 Å². The Hall–Kier alpha value is -2.59. The molecule has 32 heavy (non-hydrogen) atoms. The Labute approximate surface area is 189 Å². The monoisotopic (exact) mass is 460 g/mol. The summed E-state index contributed by atoms with van der Waals surface area (Å²) < 4.78 is 31.4. The van der Waals surface area contributed by atoms with Gasteiger partial charge in [-0.25, -0.2) is 8.78 Å². The average Bonchev–Trinajstić information content (AvgIpc) is 3.32. The van der Waals surface area contributed by atoms with E-state index in [9.17, 15) is 13.9 Å². The van der Waals surface area contributed by atoms with Gasteiger partial charge in [-0.1, -0.05) is 11.3 Å². The zero-order valence-electron chi connectivity index (χ0n) is 18.0. The first kappa shape index (κ1) is 21.3. The fourth-order valence-electron chi connectivity index (χ4n) is 4.52. The first-order valence-electron chi connectivity index (χ1n) is 10.9. The second-order valence-electron chi connectivity index (χ2n) is 8.66. The molecule has 2 aliphatic rings. The van der Waals surface area contributed by atoms with Crippen molar-refractivity contribution in [3.05, 3.63) is 30.3 Å². The van der Waals surface area contributed by atoms with Crippen molar-refractivity contribution < 1.29 is 13.9 Å². The molecule has 0 spiro atoms. The molecule has 2 fully saturated rings. The number of phenolic OH excluding ortho intramolecular Hbond substituents is 1. The maximum atomic E-state index is 14.9. The van der Waals surface area contributed by atoms with Gasteiger partial charge in [0.05, 0.1) is 17.8 Å². The van der Waals surface area contributed by atoms with Crippen molar-refractivity contribution in [3.63, 3.8) is 0 Å². The maximum absolute atomic E-state index is 14.9. The topological polar surface area (TPSA) is 79.1 Å². The summed E-state index contributed by atoms with van der Waals surface area (Å²) in [4.78, 5) is 2.08. The number of halogens is 2. The smallest absolute Gasteiger partial charge is 0.209 e. The number of hydrogen-bond donors (Lipinski definition) is 2. The van der Waals surface area contributed by atoms with E-state index in [4.69, 9.17) is 0 Å². The number of aromatic nitrogens is 4. The molecule has 2 unspecified atom stereocenters. The summed E-state index contributed by atoms with van der Waals surface area (Å²) in [5.41, 5.74) is 1.13. The second-order valence-corrected chi connectivity index (χ2v) is 9.62. The van der Waals surface area contributed by atoms with E-state index in [1.54, 1.807) is 24.1 Å². The van der Waals surface area contributed by atoms with Crippen LogP contribution in [-0.2, 0) is 7.05 Å². The standard InChI is InChI=1S/C22H26F2N6OS/c1-25-13-3-6-17(23)19(7-13)30(14-4-5-14)22-28-27-21(32-22)16-8-18(24)15(9-20(16)31)12-10-26-29(2)11-12/h8-11,13-14,17,19,25,31H,3-7H2,1-2H3/t13?,17?,19-/m0/s1. The van der Waals surface area contributed by atoms with Crippen LogP contribution in [0.1, 0.15) is 32.1 Å². The Bertz CT molecular complexity index is 1110. The average molecular weight is 461 g/mol. The lowest BCUT2D eigenvalue weighted by atomic mass is 9.88. The number of nitrogens with zero attached hydrogens (tertiary/aromatic N) is 5. The fraction of sp³-hybridized carbons (Fsp3) is 0.500. The minimum atomic E-state index is -0.919. The lowest BCUT2D eigenvalue weighted by Crippen LogP contribution is -2.50. The van der Waals surface area contributed by atoms with Crippen molar-refractivity contribution in [3.8, 4) is 27.4 Å². The normalized spacial score (nSPS) is 23.4. The number of phenols is 1. The molecule has 170 valence electrons. The number of alkyl halides is 1. The van der Waals surface area contributed by atoms with Gasteiger partial charge in [0.25, 0.3) is 0 Å². The van der Waals surface area contributed by atoms with Crippen LogP contribution >= 0.6 is 11.3 Å². The first-order valence-corrected chi connectivity index (χ1v) is 11.7. The number of aromatic hydroxyl groups is 1. The third-order valence-electron chi connectivity index (χ3n) is 6.41. The molecular weight excluding hydrogens is 434 g/mol. The van der Waals surface area contributed by atoms with Gasteiger partial charge in [-0.15, -0.1) is 10.2 Å². The summed E-state index contributed by atoms with van der Waals surface area (Å²) in [5, 5.41) is 27.6.